The van der Waals surface area contributed by atoms with E-state index in [1.165, 1.54) is 0 Å². The van der Waals surface area contributed by atoms with Crippen LogP contribution in [0.25, 0.3) is 5.69 Å². The first-order valence-electron chi connectivity index (χ1n) is 7.37. The third-order valence-corrected chi connectivity index (χ3v) is 4.45. The normalized spacial score (nSPS) is 26.6. The van der Waals surface area contributed by atoms with Gasteiger partial charge in [-0.1, -0.05) is 25.1 Å². The van der Waals surface area contributed by atoms with Crippen molar-refractivity contribution in [2.75, 3.05) is 0 Å². The van der Waals surface area contributed by atoms with E-state index in [0.717, 1.165) is 48.9 Å². The first-order chi connectivity index (χ1) is 9.60. The van der Waals surface area contributed by atoms with Crippen LogP contribution in [-0.4, -0.2) is 14.8 Å². The molecule has 0 unspecified atom stereocenters. The quantitative estimate of drug-likeness (QED) is 0.912. The minimum Gasteiger partial charge on any atom is -0.319 e. The van der Waals surface area contributed by atoms with Crippen molar-refractivity contribution < 1.29 is 0 Å². The van der Waals surface area contributed by atoms with Crippen LogP contribution in [0.3, 0.4) is 0 Å². The highest BCUT2D eigenvalue weighted by molar-refractivity contribution is 5.35. The molecule has 0 amide bonds. The van der Waals surface area contributed by atoms with Crippen LogP contribution < -0.4 is 5.73 Å². The molecule has 0 bridgehead atoms. The number of nitrogens with zero attached hydrogens (tertiary/aromatic N) is 3. The summed E-state index contributed by atoms with van der Waals surface area (Å²) >= 11 is 0. The van der Waals surface area contributed by atoms with Crippen molar-refractivity contribution in [2.45, 2.75) is 45.1 Å². The number of aryl methyl sites for hydroxylation is 1. The van der Waals surface area contributed by atoms with Crippen LogP contribution in [0.15, 0.2) is 30.3 Å². The summed E-state index contributed by atoms with van der Waals surface area (Å²) in [5, 5.41) is 8.67. The summed E-state index contributed by atoms with van der Waals surface area (Å²) in [7, 11) is 0. The van der Waals surface area contributed by atoms with Gasteiger partial charge in [0.15, 0.2) is 5.82 Å². The van der Waals surface area contributed by atoms with E-state index in [1.807, 2.05) is 25.1 Å². The van der Waals surface area contributed by atoms with Gasteiger partial charge in [0, 0.05) is 5.69 Å². The van der Waals surface area contributed by atoms with Gasteiger partial charge >= 0.3 is 0 Å². The van der Waals surface area contributed by atoms with Gasteiger partial charge in [-0.15, -0.1) is 10.2 Å². The predicted octanol–water partition coefficient (Wildman–Crippen LogP) is 2.94. The molecule has 0 spiro atoms. The van der Waals surface area contributed by atoms with E-state index in [9.17, 15) is 0 Å². The van der Waals surface area contributed by atoms with Crippen LogP contribution in [-0.2, 0) is 5.54 Å². The Hall–Kier alpha value is -1.68. The van der Waals surface area contributed by atoms with E-state index in [0.29, 0.717) is 0 Å². The molecule has 3 rings (SSSR count). The van der Waals surface area contributed by atoms with E-state index in [1.54, 1.807) is 0 Å². The maximum absolute atomic E-state index is 6.67. The molecule has 2 N–H and O–H groups in total. The summed E-state index contributed by atoms with van der Waals surface area (Å²) in [5.74, 6) is 2.57. The molecule has 1 fully saturated rings. The van der Waals surface area contributed by atoms with Crippen LogP contribution in [0.2, 0.25) is 0 Å². The van der Waals surface area contributed by atoms with Gasteiger partial charge in [0.25, 0.3) is 0 Å². The summed E-state index contributed by atoms with van der Waals surface area (Å²) in [6.45, 7) is 4.28. The van der Waals surface area contributed by atoms with Gasteiger partial charge in [0.05, 0.1) is 5.54 Å². The molecule has 1 saturated carbocycles. The summed E-state index contributed by atoms with van der Waals surface area (Å²) in [5.41, 5.74) is 7.42. The molecule has 1 heterocycles. The predicted molar refractivity (Wildman–Crippen MR) is 79.6 cm³/mol. The molecule has 1 aromatic heterocycles. The van der Waals surface area contributed by atoms with Gasteiger partial charge in [-0.3, -0.25) is 4.57 Å². The SMILES string of the molecule is Cc1nnc(C2(N)CCC(C)CC2)n1-c1ccccc1. The first kappa shape index (κ1) is 13.3. The van der Waals surface area contributed by atoms with E-state index in [-0.39, 0.29) is 5.54 Å². The number of nitrogens with two attached hydrogens (primary N) is 1. The average Bonchev–Trinajstić information content (AvgIpc) is 2.86. The minimum atomic E-state index is -0.344. The molecule has 4 nitrogen and oxygen atoms in total. The fourth-order valence-electron chi connectivity index (χ4n) is 3.07. The van der Waals surface area contributed by atoms with Gasteiger partial charge in [0.1, 0.15) is 5.82 Å². The molecule has 1 aliphatic carbocycles. The number of hydrogen-bond acceptors (Lipinski definition) is 3. The maximum Gasteiger partial charge on any atom is 0.157 e. The highest BCUT2D eigenvalue weighted by atomic mass is 15.3. The van der Waals surface area contributed by atoms with Crippen LogP contribution >= 0.6 is 0 Å². The van der Waals surface area contributed by atoms with Crippen molar-refractivity contribution in [3.8, 4) is 5.69 Å². The van der Waals surface area contributed by atoms with E-state index in [2.05, 4.69) is 33.8 Å². The standard InChI is InChI=1S/C16H22N4/c1-12-8-10-16(17,11-9-12)15-19-18-13(2)20(15)14-6-4-3-5-7-14/h3-7,12H,8-11,17H2,1-2H3. The molecule has 20 heavy (non-hydrogen) atoms. The number of para-hydroxylation sites is 1. The number of rotatable bonds is 2. The second-order valence-corrected chi connectivity index (χ2v) is 6.08. The van der Waals surface area contributed by atoms with E-state index >= 15 is 0 Å². The molecular formula is C16H22N4. The summed E-state index contributed by atoms with van der Waals surface area (Å²) in [4.78, 5) is 0. The Balaban J connectivity index is 2.03. The molecule has 0 aliphatic heterocycles. The minimum absolute atomic E-state index is 0.344. The highest BCUT2D eigenvalue weighted by Gasteiger charge is 2.37. The van der Waals surface area contributed by atoms with Crippen LogP contribution in [0, 0.1) is 12.8 Å². The third kappa shape index (κ3) is 2.24. The van der Waals surface area contributed by atoms with Gasteiger partial charge < -0.3 is 5.73 Å². The summed E-state index contributed by atoms with van der Waals surface area (Å²) in [6, 6.07) is 10.2. The number of hydrogen-bond donors (Lipinski definition) is 1. The third-order valence-electron chi connectivity index (χ3n) is 4.45. The van der Waals surface area contributed by atoms with Crippen LogP contribution in [0.4, 0.5) is 0 Å². The molecule has 1 aromatic carbocycles. The Morgan fingerprint density at radius 3 is 2.45 bits per heavy atom. The molecule has 2 aromatic rings. The van der Waals surface area contributed by atoms with Crippen LogP contribution in [0.5, 0.6) is 0 Å². The Labute approximate surface area is 120 Å². The van der Waals surface area contributed by atoms with Gasteiger partial charge in [0.2, 0.25) is 0 Å². The Kier molecular flexibility index (Phi) is 3.34. The lowest BCUT2D eigenvalue weighted by atomic mass is 9.77. The zero-order valence-corrected chi connectivity index (χ0v) is 12.2. The molecule has 1 aliphatic rings. The van der Waals surface area contributed by atoms with Crippen molar-refractivity contribution in [3.63, 3.8) is 0 Å². The molecule has 106 valence electrons. The lowest BCUT2D eigenvalue weighted by molar-refractivity contribution is 0.234. The monoisotopic (exact) mass is 270 g/mol. The Morgan fingerprint density at radius 2 is 1.80 bits per heavy atom. The van der Waals surface area contributed by atoms with Crippen LogP contribution in [0.1, 0.15) is 44.3 Å². The molecule has 0 saturated heterocycles. The Bertz CT molecular complexity index is 580. The first-order valence-corrected chi connectivity index (χ1v) is 7.37. The molecule has 4 heteroatoms. The van der Waals surface area contributed by atoms with Crippen molar-refractivity contribution in [1.82, 2.24) is 14.8 Å². The second-order valence-electron chi connectivity index (χ2n) is 6.08. The van der Waals surface area contributed by atoms with Crippen molar-refractivity contribution in [2.24, 2.45) is 11.7 Å². The summed E-state index contributed by atoms with van der Waals surface area (Å²) < 4.78 is 2.11. The molecular weight excluding hydrogens is 248 g/mol. The number of aromatic nitrogens is 3. The lowest BCUT2D eigenvalue weighted by Gasteiger charge is -2.35. The highest BCUT2D eigenvalue weighted by Crippen LogP contribution is 2.37. The summed E-state index contributed by atoms with van der Waals surface area (Å²) in [6.07, 6.45) is 4.30. The van der Waals surface area contributed by atoms with Crippen molar-refractivity contribution in [3.05, 3.63) is 42.0 Å². The Morgan fingerprint density at radius 1 is 1.15 bits per heavy atom. The number of benzene rings is 1. The second kappa shape index (κ2) is 5.02. The zero-order chi connectivity index (χ0) is 14.2. The zero-order valence-electron chi connectivity index (χ0n) is 12.2. The topological polar surface area (TPSA) is 56.7 Å². The maximum atomic E-state index is 6.67. The van der Waals surface area contributed by atoms with Gasteiger partial charge in [-0.2, -0.15) is 0 Å². The average molecular weight is 270 g/mol. The smallest absolute Gasteiger partial charge is 0.157 e. The fraction of sp³-hybridized carbons (Fsp3) is 0.500. The van der Waals surface area contributed by atoms with E-state index < -0.39 is 0 Å². The van der Waals surface area contributed by atoms with Crippen molar-refractivity contribution >= 4 is 0 Å². The molecule has 0 atom stereocenters. The van der Waals surface area contributed by atoms with Crippen molar-refractivity contribution in [1.29, 1.82) is 0 Å². The lowest BCUT2D eigenvalue weighted by Crippen LogP contribution is -2.42. The largest absolute Gasteiger partial charge is 0.319 e. The molecule has 0 radical (unpaired) electrons. The van der Waals surface area contributed by atoms with E-state index in [4.69, 9.17) is 5.73 Å². The van der Waals surface area contributed by atoms with Gasteiger partial charge in [-0.05, 0) is 50.7 Å². The fourth-order valence-corrected chi connectivity index (χ4v) is 3.07. The van der Waals surface area contributed by atoms with Gasteiger partial charge in [-0.25, -0.2) is 0 Å².